The van der Waals surface area contributed by atoms with Crippen molar-refractivity contribution in [2.45, 2.75) is 40.0 Å². The van der Waals surface area contributed by atoms with Gasteiger partial charge in [-0.2, -0.15) is 0 Å². The number of aromatic nitrogens is 1. The molecular weight excluding hydrogens is 178 g/mol. The van der Waals surface area contributed by atoms with Gasteiger partial charge in [0.2, 0.25) is 0 Å². The highest BCUT2D eigenvalue weighted by Gasteiger charge is 2.08. The number of hydrogen-bond acceptors (Lipinski definition) is 2. The molecule has 0 bridgehead atoms. The van der Waals surface area contributed by atoms with E-state index in [-0.39, 0.29) is 0 Å². The summed E-state index contributed by atoms with van der Waals surface area (Å²) >= 11 is 1.85. The van der Waals surface area contributed by atoms with E-state index in [4.69, 9.17) is 0 Å². The van der Waals surface area contributed by atoms with Crippen LogP contribution in [0.15, 0.2) is 12.2 Å². The average molecular weight is 195 g/mol. The van der Waals surface area contributed by atoms with E-state index in [1.54, 1.807) is 0 Å². The monoisotopic (exact) mass is 195 g/mol. The van der Waals surface area contributed by atoms with E-state index >= 15 is 0 Å². The third-order valence-corrected chi connectivity index (χ3v) is 2.97. The second kappa shape index (κ2) is 5.18. The topological polar surface area (TPSA) is 12.9 Å². The lowest BCUT2D eigenvalue weighted by Gasteiger charge is -1.90. The predicted molar refractivity (Wildman–Crippen MR) is 59.4 cm³/mol. The molecular formula is C11H17NS. The maximum Gasteiger partial charge on any atom is 0.0900 e. The molecule has 1 aromatic rings. The van der Waals surface area contributed by atoms with Crippen LogP contribution in [0, 0.1) is 6.92 Å². The summed E-state index contributed by atoms with van der Waals surface area (Å²) < 4.78 is 0. The molecule has 1 aliphatic rings. The number of hydrogen-bond donors (Lipinski definition) is 0. The largest absolute Gasteiger partial charge is 0.246 e. The first kappa shape index (κ1) is 10.5. The number of aryl methyl sites for hydroxylation is 2. The van der Waals surface area contributed by atoms with Crippen LogP contribution >= 0.6 is 11.3 Å². The van der Waals surface area contributed by atoms with Crippen molar-refractivity contribution >= 4 is 11.3 Å². The van der Waals surface area contributed by atoms with Crippen molar-refractivity contribution in [2.24, 2.45) is 0 Å². The zero-order chi connectivity index (χ0) is 9.68. The van der Waals surface area contributed by atoms with Gasteiger partial charge in [-0.05, 0) is 19.8 Å². The number of rotatable bonds is 0. The van der Waals surface area contributed by atoms with E-state index in [2.05, 4.69) is 24.1 Å². The van der Waals surface area contributed by atoms with Crippen molar-refractivity contribution in [2.75, 3.05) is 0 Å². The minimum atomic E-state index is 1.04. The number of fused-ring (bicyclic) bond motifs is 1. The van der Waals surface area contributed by atoms with E-state index in [0.717, 1.165) is 6.42 Å². The molecule has 1 heterocycles. The first-order valence-corrected chi connectivity index (χ1v) is 5.78. The van der Waals surface area contributed by atoms with E-state index in [1.807, 2.05) is 25.2 Å². The third kappa shape index (κ3) is 2.66. The summed E-state index contributed by atoms with van der Waals surface area (Å²) in [6.45, 7) is 6.09. The van der Waals surface area contributed by atoms with Crippen molar-refractivity contribution in [1.29, 1.82) is 0 Å². The van der Waals surface area contributed by atoms with Gasteiger partial charge >= 0.3 is 0 Å². The molecule has 1 nitrogen and oxygen atoms in total. The van der Waals surface area contributed by atoms with Crippen molar-refractivity contribution in [1.82, 2.24) is 4.98 Å². The molecule has 1 aliphatic carbocycles. The van der Waals surface area contributed by atoms with E-state index in [9.17, 15) is 0 Å². The second-order valence-electron chi connectivity index (χ2n) is 2.82. The molecule has 0 aromatic carbocycles. The smallest absolute Gasteiger partial charge is 0.0900 e. The fraction of sp³-hybridized carbons (Fsp3) is 0.545. The van der Waals surface area contributed by atoms with E-state index < -0.39 is 0 Å². The third-order valence-electron chi connectivity index (χ3n) is 1.90. The minimum absolute atomic E-state index is 1.04. The predicted octanol–water partition coefficient (Wildman–Crippen LogP) is 3.52. The van der Waals surface area contributed by atoms with E-state index in [0.29, 0.717) is 0 Å². The Balaban J connectivity index is 0.000000396. The normalized spacial score (nSPS) is 14.1. The van der Waals surface area contributed by atoms with Crippen LogP contribution in [0.3, 0.4) is 0 Å². The van der Waals surface area contributed by atoms with Crippen molar-refractivity contribution < 1.29 is 0 Å². The Morgan fingerprint density at radius 1 is 1.31 bits per heavy atom. The van der Waals surface area contributed by atoms with Gasteiger partial charge in [-0.1, -0.05) is 26.0 Å². The van der Waals surface area contributed by atoms with Gasteiger partial charge in [-0.3, -0.25) is 0 Å². The summed E-state index contributed by atoms with van der Waals surface area (Å²) in [5.41, 5.74) is 1.31. The number of thiazole rings is 1. The molecule has 1 aromatic heterocycles. The highest BCUT2D eigenvalue weighted by atomic mass is 32.1. The summed E-state index contributed by atoms with van der Waals surface area (Å²) in [5.74, 6) is 0. The molecule has 0 spiro atoms. The Morgan fingerprint density at radius 3 is 2.85 bits per heavy atom. The maximum atomic E-state index is 4.48. The van der Waals surface area contributed by atoms with Gasteiger partial charge < -0.3 is 0 Å². The van der Waals surface area contributed by atoms with Crippen LogP contribution in [0.1, 0.15) is 35.8 Å². The lowest BCUT2D eigenvalue weighted by atomic mass is 10.2. The number of allylic oxidation sites excluding steroid dienone is 2. The molecule has 2 rings (SSSR count). The SMILES string of the molecule is CC.Cc1nc2c(s1)CCC=CC2. The molecule has 0 atom stereocenters. The summed E-state index contributed by atoms with van der Waals surface area (Å²) in [7, 11) is 0. The van der Waals surface area contributed by atoms with Gasteiger partial charge in [0.1, 0.15) is 0 Å². The molecule has 0 saturated heterocycles. The summed E-state index contributed by atoms with van der Waals surface area (Å²) in [5, 5.41) is 1.21. The first-order chi connectivity index (χ1) is 6.36. The molecule has 72 valence electrons. The highest BCUT2D eigenvalue weighted by molar-refractivity contribution is 7.11. The minimum Gasteiger partial charge on any atom is -0.246 e. The Bertz CT molecular complexity index is 286. The molecule has 0 amide bonds. The molecule has 13 heavy (non-hydrogen) atoms. The molecule has 0 fully saturated rings. The van der Waals surface area contributed by atoms with Gasteiger partial charge in [0, 0.05) is 11.3 Å². The van der Waals surface area contributed by atoms with Crippen LogP contribution in [-0.4, -0.2) is 4.98 Å². The van der Waals surface area contributed by atoms with Gasteiger partial charge in [-0.15, -0.1) is 11.3 Å². The Kier molecular flexibility index (Phi) is 4.16. The fourth-order valence-corrected chi connectivity index (χ4v) is 2.37. The van der Waals surface area contributed by atoms with Crippen LogP contribution in [0.25, 0.3) is 0 Å². The molecule has 2 heteroatoms. The van der Waals surface area contributed by atoms with Crippen LogP contribution in [0.2, 0.25) is 0 Å². The Labute approximate surface area is 84.5 Å². The average Bonchev–Trinajstić information content (AvgIpc) is 2.36. The van der Waals surface area contributed by atoms with Crippen LogP contribution < -0.4 is 0 Å². The zero-order valence-electron chi connectivity index (χ0n) is 8.63. The summed E-state index contributed by atoms with van der Waals surface area (Å²) in [6, 6.07) is 0. The standard InChI is InChI=1S/C9H11NS.C2H6/c1-7-10-8-5-3-2-4-6-9(8)11-7;1-2/h2-3H,4-6H2,1H3;1-2H3. The molecule has 0 aliphatic heterocycles. The summed E-state index contributed by atoms with van der Waals surface area (Å²) in [4.78, 5) is 5.97. The number of nitrogens with zero attached hydrogens (tertiary/aromatic N) is 1. The van der Waals surface area contributed by atoms with Crippen LogP contribution in [0.5, 0.6) is 0 Å². The Morgan fingerprint density at radius 2 is 2.08 bits per heavy atom. The van der Waals surface area contributed by atoms with Gasteiger partial charge in [0.15, 0.2) is 0 Å². The second-order valence-corrected chi connectivity index (χ2v) is 4.10. The lowest BCUT2D eigenvalue weighted by molar-refractivity contribution is 1.01. The first-order valence-electron chi connectivity index (χ1n) is 4.96. The van der Waals surface area contributed by atoms with Gasteiger partial charge in [-0.25, -0.2) is 4.98 Å². The highest BCUT2D eigenvalue weighted by Crippen LogP contribution is 2.22. The lowest BCUT2D eigenvalue weighted by Crippen LogP contribution is -1.85. The van der Waals surface area contributed by atoms with E-state index in [1.165, 1.54) is 28.4 Å². The van der Waals surface area contributed by atoms with Crippen molar-refractivity contribution in [3.05, 3.63) is 27.7 Å². The van der Waals surface area contributed by atoms with Crippen LogP contribution in [-0.2, 0) is 12.8 Å². The van der Waals surface area contributed by atoms with Crippen molar-refractivity contribution in [3.63, 3.8) is 0 Å². The molecule has 0 N–H and O–H groups in total. The zero-order valence-corrected chi connectivity index (χ0v) is 9.45. The molecule has 0 unspecified atom stereocenters. The summed E-state index contributed by atoms with van der Waals surface area (Å²) in [6.07, 6.45) is 7.90. The van der Waals surface area contributed by atoms with Crippen molar-refractivity contribution in [3.8, 4) is 0 Å². The van der Waals surface area contributed by atoms with Gasteiger partial charge in [0.05, 0.1) is 10.7 Å². The van der Waals surface area contributed by atoms with Gasteiger partial charge in [0.25, 0.3) is 0 Å². The fourth-order valence-electron chi connectivity index (χ4n) is 1.39. The molecule has 0 radical (unpaired) electrons. The quantitative estimate of drug-likeness (QED) is 0.577. The van der Waals surface area contributed by atoms with Crippen LogP contribution in [0.4, 0.5) is 0 Å². The maximum absolute atomic E-state index is 4.48. The molecule has 0 saturated carbocycles. The Hall–Kier alpha value is -0.630.